The molecule has 0 radical (unpaired) electrons. The summed E-state index contributed by atoms with van der Waals surface area (Å²) in [4.78, 5) is 22.9. The molecule has 1 amide bonds. The summed E-state index contributed by atoms with van der Waals surface area (Å²) in [5, 5.41) is 11.7. The standard InChI is InChI=1S/C20H40N2O3/c1-3-17(2)13-10-8-6-4-5-7-9-11-15-19(23)22-18(20(24)25)14-12-16-21/h17-18H,3-16,21H2,1-2H3,(H,22,23)(H,24,25)/t17?,18-/m0/s1. The SMILES string of the molecule is CCC(C)CCCCCCCCCCC(=O)N[C@@H](CCCN)C(=O)O. The predicted octanol–water partition coefficient (Wildman–Crippen LogP) is 4.24. The molecule has 1 unspecified atom stereocenters. The van der Waals surface area contributed by atoms with Gasteiger partial charge < -0.3 is 16.2 Å². The number of hydrogen-bond donors (Lipinski definition) is 3. The third-order valence-corrected chi connectivity index (χ3v) is 4.88. The second-order valence-electron chi connectivity index (χ2n) is 7.27. The van der Waals surface area contributed by atoms with Gasteiger partial charge >= 0.3 is 5.97 Å². The molecule has 0 aliphatic rings. The summed E-state index contributed by atoms with van der Waals surface area (Å²) in [5.74, 6) is -0.272. The van der Waals surface area contributed by atoms with E-state index in [-0.39, 0.29) is 5.91 Å². The zero-order valence-corrected chi connectivity index (χ0v) is 16.4. The molecule has 148 valence electrons. The lowest BCUT2D eigenvalue weighted by atomic mass is 9.99. The Hall–Kier alpha value is -1.10. The van der Waals surface area contributed by atoms with Crippen LogP contribution in [0.25, 0.3) is 0 Å². The van der Waals surface area contributed by atoms with Gasteiger partial charge in [0, 0.05) is 6.42 Å². The van der Waals surface area contributed by atoms with Crippen molar-refractivity contribution in [1.29, 1.82) is 0 Å². The van der Waals surface area contributed by atoms with Crippen molar-refractivity contribution in [1.82, 2.24) is 5.32 Å². The van der Waals surface area contributed by atoms with Crippen LogP contribution in [0.2, 0.25) is 0 Å². The molecule has 2 atom stereocenters. The van der Waals surface area contributed by atoms with E-state index < -0.39 is 12.0 Å². The van der Waals surface area contributed by atoms with Crippen LogP contribution in [0.15, 0.2) is 0 Å². The van der Waals surface area contributed by atoms with Crippen LogP contribution in [-0.2, 0) is 9.59 Å². The molecule has 4 N–H and O–H groups in total. The third kappa shape index (κ3) is 14.9. The maximum absolute atomic E-state index is 11.8. The van der Waals surface area contributed by atoms with Crippen molar-refractivity contribution >= 4 is 11.9 Å². The zero-order chi connectivity index (χ0) is 18.9. The molecule has 0 aromatic carbocycles. The summed E-state index contributed by atoms with van der Waals surface area (Å²) in [6.07, 6.45) is 13.6. The largest absolute Gasteiger partial charge is 0.480 e. The molecular weight excluding hydrogens is 316 g/mol. The number of rotatable bonds is 17. The maximum Gasteiger partial charge on any atom is 0.326 e. The lowest BCUT2D eigenvalue weighted by molar-refractivity contribution is -0.142. The lowest BCUT2D eigenvalue weighted by Crippen LogP contribution is -2.40. The number of amides is 1. The minimum Gasteiger partial charge on any atom is -0.480 e. The van der Waals surface area contributed by atoms with Crippen molar-refractivity contribution in [2.75, 3.05) is 6.54 Å². The topological polar surface area (TPSA) is 92.4 Å². The van der Waals surface area contributed by atoms with E-state index in [1.165, 1.54) is 44.9 Å². The highest BCUT2D eigenvalue weighted by atomic mass is 16.4. The highest BCUT2D eigenvalue weighted by Crippen LogP contribution is 2.15. The Morgan fingerprint density at radius 3 is 2.00 bits per heavy atom. The molecule has 0 aliphatic carbocycles. The van der Waals surface area contributed by atoms with E-state index in [4.69, 9.17) is 10.8 Å². The molecule has 0 heterocycles. The first-order valence-electron chi connectivity index (χ1n) is 10.2. The number of nitrogens with two attached hydrogens (primary N) is 1. The van der Waals surface area contributed by atoms with Gasteiger partial charge in [-0.3, -0.25) is 4.79 Å². The Morgan fingerprint density at radius 1 is 0.920 bits per heavy atom. The Balaban J connectivity index is 3.52. The van der Waals surface area contributed by atoms with E-state index in [2.05, 4.69) is 19.2 Å². The first-order chi connectivity index (χ1) is 12.0. The van der Waals surface area contributed by atoms with E-state index in [0.29, 0.717) is 25.8 Å². The average molecular weight is 357 g/mol. The smallest absolute Gasteiger partial charge is 0.326 e. The minimum atomic E-state index is -0.977. The Morgan fingerprint density at radius 2 is 1.48 bits per heavy atom. The normalized spacial score (nSPS) is 13.4. The van der Waals surface area contributed by atoms with Crippen LogP contribution in [-0.4, -0.2) is 29.6 Å². The molecule has 0 rings (SSSR count). The fourth-order valence-corrected chi connectivity index (χ4v) is 2.89. The molecule has 0 spiro atoms. The molecule has 0 saturated heterocycles. The second kappa shape index (κ2) is 16.4. The van der Waals surface area contributed by atoms with Crippen LogP contribution in [0.1, 0.15) is 97.3 Å². The fourth-order valence-electron chi connectivity index (χ4n) is 2.89. The number of carboxylic acids is 1. The third-order valence-electron chi connectivity index (χ3n) is 4.88. The van der Waals surface area contributed by atoms with Gasteiger partial charge in [0.2, 0.25) is 5.91 Å². The molecule has 0 bridgehead atoms. The number of hydrogen-bond acceptors (Lipinski definition) is 3. The van der Waals surface area contributed by atoms with E-state index >= 15 is 0 Å². The van der Waals surface area contributed by atoms with Gasteiger partial charge in [-0.05, 0) is 31.7 Å². The van der Waals surface area contributed by atoms with Crippen LogP contribution in [0.4, 0.5) is 0 Å². The molecule has 0 saturated carbocycles. The number of aliphatic carboxylic acids is 1. The van der Waals surface area contributed by atoms with E-state index in [0.717, 1.165) is 25.2 Å². The molecular formula is C20H40N2O3. The first kappa shape index (κ1) is 23.9. The number of carboxylic acid groups (broad SMARTS) is 1. The Kier molecular flexibility index (Phi) is 15.7. The fraction of sp³-hybridized carbons (Fsp3) is 0.900. The number of carbonyl (C=O) groups excluding carboxylic acids is 1. The zero-order valence-electron chi connectivity index (χ0n) is 16.4. The molecule has 0 aliphatic heterocycles. The molecule has 5 heteroatoms. The first-order valence-corrected chi connectivity index (χ1v) is 10.2. The number of unbranched alkanes of at least 4 members (excludes halogenated alkanes) is 7. The summed E-state index contributed by atoms with van der Waals surface area (Å²) < 4.78 is 0. The highest BCUT2D eigenvalue weighted by Gasteiger charge is 2.18. The van der Waals surface area contributed by atoms with Gasteiger partial charge in [0.25, 0.3) is 0 Å². The van der Waals surface area contributed by atoms with E-state index in [1.807, 2.05) is 0 Å². The summed E-state index contributed by atoms with van der Waals surface area (Å²) in [5.41, 5.74) is 5.39. The van der Waals surface area contributed by atoms with Gasteiger partial charge in [-0.15, -0.1) is 0 Å². The average Bonchev–Trinajstić information content (AvgIpc) is 2.59. The van der Waals surface area contributed by atoms with E-state index in [1.54, 1.807) is 0 Å². The van der Waals surface area contributed by atoms with Crippen molar-refractivity contribution < 1.29 is 14.7 Å². The maximum atomic E-state index is 11.8. The summed E-state index contributed by atoms with van der Waals surface area (Å²) in [6.45, 7) is 5.03. The van der Waals surface area contributed by atoms with Gasteiger partial charge in [-0.1, -0.05) is 71.6 Å². The predicted molar refractivity (Wildman–Crippen MR) is 103 cm³/mol. The van der Waals surface area contributed by atoms with Crippen molar-refractivity contribution in [2.45, 2.75) is 103 Å². The van der Waals surface area contributed by atoms with Crippen LogP contribution in [0.3, 0.4) is 0 Å². The number of carbonyl (C=O) groups is 2. The van der Waals surface area contributed by atoms with Crippen molar-refractivity contribution in [3.8, 4) is 0 Å². The van der Waals surface area contributed by atoms with Crippen molar-refractivity contribution in [2.24, 2.45) is 11.7 Å². The molecule has 0 fully saturated rings. The van der Waals surface area contributed by atoms with Crippen LogP contribution in [0.5, 0.6) is 0 Å². The van der Waals surface area contributed by atoms with Gasteiger partial charge in [-0.25, -0.2) is 4.79 Å². The molecule has 5 nitrogen and oxygen atoms in total. The van der Waals surface area contributed by atoms with Crippen molar-refractivity contribution in [3.63, 3.8) is 0 Å². The molecule has 0 aromatic heterocycles. The van der Waals surface area contributed by atoms with Gasteiger partial charge in [0.15, 0.2) is 0 Å². The molecule has 0 aromatic rings. The Labute approximate surface area is 154 Å². The molecule has 25 heavy (non-hydrogen) atoms. The summed E-state index contributed by atoms with van der Waals surface area (Å²) >= 11 is 0. The second-order valence-corrected chi connectivity index (χ2v) is 7.27. The van der Waals surface area contributed by atoms with Crippen LogP contribution < -0.4 is 11.1 Å². The van der Waals surface area contributed by atoms with Crippen LogP contribution >= 0.6 is 0 Å². The Bertz CT molecular complexity index is 348. The van der Waals surface area contributed by atoms with Crippen molar-refractivity contribution in [3.05, 3.63) is 0 Å². The quantitative estimate of drug-likeness (QED) is 0.340. The number of nitrogens with one attached hydrogen (secondary N) is 1. The lowest BCUT2D eigenvalue weighted by Gasteiger charge is -2.13. The monoisotopic (exact) mass is 356 g/mol. The minimum absolute atomic E-state index is 0.158. The van der Waals surface area contributed by atoms with Gasteiger partial charge in [0.05, 0.1) is 0 Å². The summed E-state index contributed by atoms with van der Waals surface area (Å²) in [6, 6.07) is -0.800. The van der Waals surface area contributed by atoms with Gasteiger partial charge in [-0.2, -0.15) is 0 Å². The van der Waals surface area contributed by atoms with E-state index in [9.17, 15) is 9.59 Å². The highest BCUT2D eigenvalue weighted by molar-refractivity contribution is 5.83. The van der Waals surface area contributed by atoms with Crippen LogP contribution in [0, 0.1) is 5.92 Å². The van der Waals surface area contributed by atoms with Gasteiger partial charge in [0.1, 0.15) is 6.04 Å². The summed E-state index contributed by atoms with van der Waals surface area (Å²) in [7, 11) is 0.